The first-order valence-corrected chi connectivity index (χ1v) is 6.48. The van der Waals surface area contributed by atoms with Gasteiger partial charge in [-0.15, -0.1) is 0 Å². The lowest BCUT2D eigenvalue weighted by Gasteiger charge is -2.22. The first-order chi connectivity index (χ1) is 9.41. The molecule has 4 heteroatoms. The van der Waals surface area contributed by atoms with Crippen LogP contribution in [0.5, 0.6) is 0 Å². The maximum atomic E-state index is 8.88. The average molecular weight is 266 g/mol. The quantitative estimate of drug-likeness (QED) is 0.835. The second-order valence-corrected chi connectivity index (χ2v) is 5.73. The van der Waals surface area contributed by atoms with Gasteiger partial charge in [0.15, 0.2) is 0 Å². The number of benzene rings is 1. The first-order valence-electron chi connectivity index (χ1n) is 6.48. The summed E-state index contributed by atoms with van der Waals surface area (Å²) < 4.78 is 0. The SMILES string of the molecule is CN(c1ccc(C(C)(C)C)cc1)c1cc(C#N)ncn1. The van der Waals surface area contributed by atoms with Crippen LogP contribution >= 0.6 is 0 Å². The van der Waals surface area contributed by atoms with Gasteiger partial charge in [-0.3, -0.25) is 0 Å². The topological polar surface area (TPSA) is 52.8 Å². The Morgan fingerprint density at radius 2 is 1.75 bits per heavy atom. The Labute approximate surface area is 119 Å². The number of nitrogens with zero attached hydrogens (tertiary/aromatic N) is 4. The standard InChI is InChI=1S/C16H18N4/c1-16(2,3)12-5-7-14(8-6-12)20(4)15-9-13(10-17)18-11-19-15/h5-9,11H,1-4H3. The van der Waals surface area contributed by atoms with Gasteiger partial charge in [-0.25, -0.2) is 9.97 Å². The monoisotopic (exact) mass is 266 g/mol. The van der Waals surface area contributed by atoms with Crippen molar-refractivity contribution >= 4 is 11.5 Å². The van der Waals surface area contributed by atoms with Crippen LogP contribution in [0.15, 0.2) is 36.7 Å². The maximum Gasteiger partial charge on any atom is 0.145 e. The van der Waals surface area contributed by atoms with Gasteiger partial charge in [0.2, 0.25) is 0 Å². The highest BCUT2D eigenvalue weighted by Gasteiger charge is 2.14. The van der Waals surface area contributed by atoms with Gasteiger partial charge in [-0.05, 0) is 23.1 Å². The van der Waals surface area contributed by atoms with Crippen molar-refractivity contribution in [2.24, 2.45) is 0 Å². The van der Waals surface area contributed by atoms with Crippen LogP contribution < -0.4 is 4.90 Å². The number of rotatable bonds is 2. The van der Waals surface area contributed by atoms with Gasteiger partial charge in [0, 0.05) is 18.8 Å². The molecule has 0 saturated carbocycles. The first kappa shape index (κ1) is 14.0. The zero-order valence-corrected chi connectivity index (χ0v) is 12.3. The van der Waals surface area contributed by atoms with Gasteiger partial charge in [0.1, 0.15) is 23.9 Å². The minimum Gasteiger partial charge on any atom is -0.329 e. The molecule has 0 unspecified atom stereocenters. The number of anilines is 2. The molecule has 0 radical (unpaired) electrons. The van der Waals surface area contributed by atoms with Crippen molar-refractivity contribution in [2.75, 3.05) is 11.9 Å². The molecule has 1 aromatic heterocycles. The number of nitriles is 1. The lowest BCUT2D eigenvalue weighted by molar-refractivity contribution is 0.590. The molecule has 2 aromatic rings. The highest BCUT2D eigenvalue weighted by molar-refractivity contribution is 5.60. The van der Waals surface area contributed by atoms with Crippen molar-refractivity contribution in [3.8, 4) is 6.07 Å². The van der Waals surface area contributed by atoms with Crippen molar-refractivity contribution in [3.05, 3.63) is 47.9 Å². The summed E-state index contributed by atoms with van der Waals surface area (Å²) in [5.74, 6) is 0.708. The van der Waals surface area contributed by atoms with Crippen LogP contribution in [0.25, 0.3) is 0 Å². The van der Waals surface area contributed by atoms with E-state index in [0.717, 1.165) is 5.69 Å². The third-order valence-corrected chi connectivity index (χ3v) is 3.23. The predicted molar refractivity (Wildman–Crippen MR) is 80.0 cm³/mol. The van der Waals surface area contributed by atoms with Crippen LogP contribution in [0, 0.1) is 11.3 Å². The molecule has 0 spiro atoms. The largest absolute Gasteiger partial charge is 0.329 e. The minimum absolute atomic E-state index is 0.139. The van der Waals surface area contributed by atoms with E-state index in [2.05, 4.69) is 55.0 Å². The summed E-state index contributed by atoms with van der Waals surface area (Å²) in [6, 6.07) is 12.1. The van der Waals surface area contributed by atoms with Crippen LogP contribution in [-0.2, 0) is 5.41 Å². The van der Waals surface area contributed by atoms with Crippen LogP contribution in [0.2, 0.25) is 0 Å². The van der Waals surface area contributed by atoms with Crippen molar-refractivity contribution < 1.29 is 0 Å². The highest BCUT2D eigenvalue weighted by Crippen LogP contribution is 2.27. The average Bonchev–Trinajstić information content (AvgIpc) is 2.46. The van der Waals surface area contributed by atoms with Gasteiger partial charge in [0.05, 0.1) is 0 Å². The predicted octanol–water partition coefficient (Wildman–Crippen LogP) is 3.41. The summed E-state index contributed by atoms with van der Waals surface area (Å²) in [5, 5.41) is 8.88. The van der Waals surface area contributed by atoms with Crippen LogP contribution in [-0.4, -0.2) is 17.0 Å². The normalized spacial score (nSPS) is 10.9. The van der Waals surface area contributed by atoms with E-state index in [9.17, 15) is 0 Å². The summed E-state index contributed by atoms with van der Waals surface area (Å²) in [5.41, 5.74) is 2.82. The Kier molecular flexibility index (Phi) is 3.71. The molecule has 1 heterocycles. The van der Waals surface area contributed by atoms with Crippen molar-refractivity contribution in [1.82, 2.24) is 9.97 Å². The smallest absolute Gasteiger partial charge is 0.145 e. The zero-order valence-electron chi connectivity index (χ0n) is 12.3. The van der Waals surface area contributed by atoms with Crippen molar-refractivity contribution in [3.63, 3.8) is 0 Å². The highest BCUT2D eigenvalue weighted by atomic mass is 15.2. The van der Waals surface area contributed by atoms with E-state index in [1.54, 1.807) is 6.07 Å². The zero-order chi connectivity index (χ0) is 14.8. The van der Waals surface area contributed by atoms with Gasteiger partial charge >= 0.3 is 0 Å². The number of hydrogen-bond acceptors (Lipinski definition) is 4. The van der Waals surface area contributed by atoms with Crippen LogP contribution in [0.3, 0.4) is 0 Å². The molecule has 1 aromatic carbocycles. The molecule has 20 heavy (non-hydrogen) atoms. The molecule has 4 nitrogen and oxygen atoms in total. The van der Waals surface area contributed by atoms with Gasteiger partial charge in [0.25, 0.3) is 0 Å². The third kappa shape index (κ3) is 2.94. The molecular weight excluding hydrogens is 248 g/mol. The summed E-state index contributed by atoms with van der Waals surface area (Å²) in [6.45, 7) is 6.57. The van der Waals surface area contributed by atoms with Crippen molar-refractivity contribution in [1.29, 1.82) is 5.26 Å². The van der Waals surface area contributed by atoms with Gasteiger partial charge in [-0.1, -0.05) is 32.9 Å². The van der Waals surface area contributed by atoms with Crippen LogP contribution in [0.4, 0.5) is 11.5 Å². The Balaban J connectivity index is 2.29. The Morgan fingerprint density at radius 1 is 1.10 bits per heavy atom. The number of aromatic nitrogens is 2. The molecule has 0 atom stereocenters. The summed E-state index contributed by atoms with van der Waals surface area (Å²) in [6.07, 6.45) is 1.41. The lowest BCUT2D eigenvalue weighted by atomic mass is 9.87. The fourth-order valence-corrected chi connectivity index (χ4v) is 1.91. The Hall–Kier alpha value is -2.41. The molecule has 0 fully saturated rings. The molecule has 0 amide bonds. The molecule has 0 aliphatic carbocycles. The minimum atomic E-state index is 0.139. The molecular formula is C16H18N4. The molecule has 2 rings (SSSR count). The molecule has 102 valence electrons. The fourth-order valence-electron chi connectivity index (χ4n) is 1.91. The summed E-state index contributed by atoms with van der Waals surface area (Å²) >= 11 is 0. The van der Waals surface area contributed by atoms with E-state index in [0.29, 0.717) is 11.5 Å². The van der Waals surface area contributed by atoms with E-state index < -0.39 is 0 Å². The molecule has 0 bridgehead atoms. The van der Waals surface area contributed by atoms with E-state index >= 15 is 0 Å². The van der Waals surface area contributed by atoms with E-state index in [1.807, 2.05) is 18.0 Å². The second kappa shape index (κ2) is 5.30. The van der Waals surface area contributed by atoms with Gasteiger partial charge < -0.3 is 4.90 Å². The van der Waals surface area contributed by atoms with E-state index in [1.165, 1.54) is 11.9 Å². The second-order valence-electron chi connectivity index (χ2n) is 5.73. The maximum absolute atomic E-state index is 8.88. The Bertz CT molecular complexity index is 633. The molecule has 0 saturated heterocycles. The van der Waals surface area contributed by atoms with Gasteiger partial charge in [-0.2, -0.15) is 5.26 Å². The molecule has 0 aliphatic heterocycles. The molecule has 0 N–H and O–H groups in total. The van der Waals surface area contributed by atoms with E-state index in [-0.39, 0.29) is 5.41 Å². The fraction of sp³-hybridized carbons (Fsp3) is 0.312. The molecule has 0 aliphatic rings. The van der Waals surface area contributed by atoms with E-state index in [4.69, 9.17) is 5.26 Å². The Morgan fingerprint density at radius 3 is 2.30 bits per heavy atom. The number of hydrogen-bond donors (Lipinski definition) is 0. The third-order valence-electron chi connectivity index (χ3n) is 3.23. The van der Waals surface area contributed by atoms with Crippen LogP contribution in [0.1, 0.15) is 32.0 Å². The summed E-state index contributed by atoms with van der Waals surface area (Å²) in [7, 11) is 1.93. The summed E-state index contributed by atoms with van der Waals surface area (Å²) in [4.78, 5) is 10.0. The van der Waals surface area contributed by atoms with Crippen molar-refractivity contribution in [2.45, 2.75) is 26.2 Å². The lowest BCUT2D eigenvalue weighted by Crippen LogP contribution is -2.14.